The molecule has 2 rings (SSSR count). The summed E-state index contributed by atoms with van der Waals surface area (Å²) in [4.78, 5) is 0. The second-order valence-corrected chi connectivity index (χ2v) is 5.61. The van der Waals surface area contributed by atoms with Crippen LogP contribution >= 0.6 is 0 Å². The predicted octanol–water partition coefficient (Wildman–Crippen LogP) is 4.03. The summed E-state index contributed by atoms with van der Waals surface area (Å²) >= 11 is 0. The van der Waals surface area contributed by atoms with E-state index in [2.05, 4.69) is 4.74 Å². The van der Waals surface area contributed by atoms with Gasteiger partial charge in [-0.25, -0.2) is 0 Å². The molecule has 0 heterocycles. The van der Waals surface area contributed by atoms with Gasteiger partial charge in [0, 0.05) is 6.61 Å². The molecule has 2 nitrogen and oxygen atoms in total. The van der Waals surface area contributed by atoms with Gasteiger partial charge >= 0.3 is 6.18 Å². The molecule has 1 aromatic rings. The van der Waals surface area contributed by atoms with E-state index in [-0.39, 0.29) is 12.5 Å². The van der Waals surface area contributed by atoms with Gasteiger partial charge in [0.15, 0.2) is 0 Å². The maximum absolute atomic E-state index is 12.0. The summed E-state index contributed by atoms with van der Waals surface area (Å²) in [7, 11) is 0. The molecule has 0 spiro atoms. The van der Waals surface area contributed by atoms with Crippen molar-refractivity contribution in [2.45, 2.75) is 44.4 Å². The van der Waals surface area contributed by atoms with Gasteiger partial charge in [-0.2, -0.15) is 13.2 Å². The summed E-state index contributed by atoms with van der Waals surface area (Å²) in [5, 5.41) is 10.5. The summed E-state index contributed by atoms with van der Waals surface area (Å²) < 4.78 is 40.5. The third-order valence-electron chi connectivity index (χ3n) is 3.97. The van der Waals surface area contributed by atoms with Crippen molar-refractivity contribution in [3.05, 3.63) is 35.4 Å². The molecule has 1 aromatic carbocycles. The molecular weight excluding hydrogens is 281 g/mol. The van der Waals surface area contributed by atoms with E-state index >= 15 is 0 Å². The summed E-state index contributed by atoms with van der Waals surface area (Å²) in [6, 6.07) is 7.86. The van der Waals surface area contributed by atoms with E-state index in [1.54, 1.807) is 0 Å². The highest BCUT2D eigenvalue weighted by molar-refractivity contribution is 5.30. The van der Waals surface area contributed by atoms with E-state index < -0.39 is 18.9 Å². The maximum Gasteiger partial charge on any atom is 0.411 e. The normalized spacial score (nSPS) is 22.7. The molecule has 1 aliphatic rings. The molecule has 0 saturated carbocycles. The molecule has 0 fully saturated rings. The molecule has 118 valence electrons. The lowest BCUT2D eigenvalue weighted by Crippen LogP contribution is -2.18. The van der Waals surface area contributed by atoms with Crippen molar-refractivity contribution in [1.82, 2.24) is 0 Å². The molecule has 0 amide bonds. The molecule has 1 N–H and O–H groups in total. The van der Waals surface area contributed by atoms with E-state index in [9.17, 15) is 18.3 Å². The van der Waals surface area contributed by atoms with Gasteiger partial charge in [0.25, 0.3) is 0 Å². The largest absolute Gasteiger partial charge is 0.411 e. The quantitative estimate of drug-likeness (QED) is 0.657. The lowest BCUT2D eigenvalue weighted by atomic mass is 9.90. The molecule has 0 bridgehead atoms. The molecule has 5 heteroatoms. The van der Waals surface area contributed by atoms with Gasteiger partial charge in [0.2, 0.25) is 0 Å². The fraction of sp³-hybridized carbons (Fsp3) is 0.625. The molecule has 0 saturated heterocycles. The van der Waals surface area contributed by atoms with Crippen molar-refractivity contribution >= 4 is 0 Å². The van der Waals surface area contributed by atoms with Crippen LogP contribution in [0.25, 0.3) is 0 Å². The number of benzene rings is 1. The topological polar surface area (TPSA) is 29.5 Å². The van der Waals surface area contributed by atoms with Gasteiger partial charge in [0.05, 0.1) is 6.10 Å². The van der Waals surface area contributed by atoms with Crippen molar-refractivity contribution < 1.29 is 23.0 Å². The zero-order valence-corrected chi connectivity index (χ0v) is 11.9. The van der Waals surface area contributed by atoms with Crippen LogP contribution in [0.5, 0.6) is 0 Å². The van der Waals surface area contributed by atoms with Crippen molar-refractivity contribution in [2.24, 2.45) is 5.92 Å². The smallest absolute Gasteiger partial charge is 0.388 e. The van der Waals surface area contributed by atoms with E-state index in [1.165, 1.54) is 5.56 Å². The highest BCUT2D eigenvalue weighted by atomic mass is 19.4. The Balaban J connectivity index is 1.81. The Morgan fingerprint density at radius 3 is 2.76 bits per heavy atom. The van der Waals surface area contributed by atoms with Crippen LogP contribution < -0.4 is 0 Å². The lowest BCUT2D eigenvalue weighted by Gasteiger charge is -2.22. The molecule has 0 aliphatic heterocycles. The van der Waals surface area contributed by atoms with E-state index in [1.807, 2.05) is 24.3 Å². The number of ether oxygens (including phenoxy) is 1. The van der Waals surface area contributed by atoms with E-state index in [0.717, 1.165) is 24.8 Å². The van der Waals surface area contributed by atoms with Gasteiger partial charge in [-0.05, 0) is 49.1 Å². The highest BCUT2D eigenvalue weighted by Gasteiger charge is 2.28. The second kappa shape index (κ2) is 7.27. The van der Waals surface area contributed by atoms with E-state index in [0.29, 0.717) is 12.8 Å². The van der Waals surface area contributed by atoms with E-state index in [4.69, 9.17) is 0 Å². The Morgan fingerprint density at radius 2 is 2.00 bits per heavy atom. The monoisotopic (exact) mass is 302 g/mol. The second-order valence-electron chi connectivity index (χ2n) is 5.61. The summed E-state index contributed by atoms with van der Waals surface area (Å²) in [6.07, 6.45) is -0.703. The Kier molecular flexibility index (Phi) is 5.65. The Hall–Kier alpha value is -1.07. The Morgan fingerprint density at radius 1 is 1.24 bits per heavy atom. The number of alkyl halides is 3. The van der Waals surface area contributed by atoms with Crippen LogP contribution in [0, 0.1) is 5.92 Å². The number of hydrogen-bond donors (Lipinski definition) is 1. The molecule has 1 aliphatic carbocycles. The highest BCUT2D eigenvalue weighted by Crippen LogP contribution is 2.35. The summed E-state index contributed by atoms with van der Waals surface area (Å²) in [6.45, 7) is -1.10. The molecule has 21 heavy (non-hydrogen) atoms. The van der Waals surface area contributed by atoms with Gasteiger partial charge < -0.3 is 9.84 Å². The van der Waals surface area contributed by atoms with Crippen molar-refractivity contribution in [2.75, 3.05) is 13.2 Å². The zero-order valence-electron chi connectivity index (χ0n) is 11.9. The minimum absolute atomic E-state index is 0.0877. The molecule has 0 aromatic heterocycles. The van der Waals surface area contributed by atoms with Crippen LogP contribution in [0.15, 0.2) is 24.3 Å². The third-order valence-corrected chi connectivity index (χ3v) is 3.97. The van der Waals surface area contributed by atoms with Crippen LogP contribution in [-0.4, -0.2) is 24.5 Å². The zero-order chi connectivity index (χ0) is 15.3. The number of hydrogen-bond acceptors (Lipinski definition) is 2. The number of rotatable bonds is 5. The van der Waals surface area contributed by atoms with Crippen LogP contribution in [0.4, 0.5) is 13.2 Å². The Bertz CT molecular complexity index is 445. The maximum atomic E-state index is 12.0. The fourth-order valence-corrected chi connectivity index (χ4v) is 2.95. The van der Waals surface area contributed by atoms with Gasteiger partial charge in [-0.3, -0.25) is 0 Å². The van der Waals surface area contributed by atoms with Crippen LogP contribution in [-0.2, 0) is 11.2 Å². The molecule has 2 unspecified atom stereocenters. The SMILES string of the molecule is OC1c2ccccc2CCCC1CCCOCC(F)(F)F. The number of fused-ring (bicyclic) bond motifs is 1. The van der Waals surface area contributed by atoms with Gasteiger partial charge in [0.1, 0.15) is 6.61 Å². The van der Waals surface area contributed by atoms with Crippen molar-refractivity contribution in [1.29, 1.82) is 0 Å². The van der Waals surface area contributed by atoms with Crippen molar-refractivity contribution in [3.63, 3.8) is 0 Å². The molecule has 0 radical (unpaired) electrons. The number of aliphatic hydroxyl groups excluding tert-OH is 1. The van der Waals surface area contributed by atoms with Crippen LogP contribution in [0.3, 0.4) is 0 Å². The minimum atomic E-state index is -4.26. The number of halogens is 3. The summed E-state index contributed by atoms with van der Waals surface area (Å²) in [5.74, 6) is 0.100. The predicted molar refractivity (Wildman–Crippen MR) is 73.9 cm³/mol. The standard InChI is InChI=1S/C16H21F3O2/c17-16(18,19)11-21-10-4-8-13-7-3-6-12-5-1-2-9-14(12)15(13)20/h1-2,5,9,13,15,20H,3-4,6-8,10-11H2. The Labute approximate surface area is 122 Å². The van der Waals surface area contributed by atoms with Gasteiger partial charge in [-0.1, -0.05) is 24.3 Å². The number of aliphatic hydroxyl groups is 1. The first-order valence-electron chi connectivity index (χ1n) is 7.38. The fourth-order valence-electron chi connectivity index (χ4n) is 2.95. The first-order chi connectivity index (χ1) is 9.97. The van der Waals surface area contributed by atoms with Gasteiger partial charge in [-0.15, -0.1) is 0 Å². The summed E-state index contributed by atoms with van der Waals surface area (Å²) in [5.41, 5.74) is 2.15. The minimum Gasteiger partial charge on any atom is -0.388 e. The molecular formula is C16H21F3O2. The van der Waals surface area contributed by atoms with Crippen molar-refractivity contribution in [3.8, 4) is 0 Å². The average molecular weight is 302 g/mol. The number of aryl methyl sites for hydroxylation is 1. The first-order valence-corrected chi connectivity index (χ1v) is 7.38. The first kappa shape index (κ1) is 16.3. The van der Waals surface area contributed by atoms with Crippen LogP contribution in [0.2, 0.25) is 0 Å². The third kappa shape index (κ3) is 5.00. The van der Waals surface area contributed by atoms with Crippen LogP contribution in [0.1, 0.15) is 42.9 Å². The lowest BCUT2D eigenvalue weighted by molar-refractivity contribution is -0.174. The molecule has 2 atom stereocenters. The average Bonchev–Trinajstić information content (AvgIpc) is 2.58.